The average Bonchev–Trinajstić information content (AvgIpc) is 2.63. The van der Waals surface area contributed by atoms with Crippen LogP contribution in [0.25, 0.3) is 11.3 Å². The lowest BCUT2D eigenvalue weighted by Crippen LogP contribution is -2.17. The van der Waals surface area contributed by atoms with Crippen molar-refractivity contribution in [1.82, 2.24) is 9.97 Å². The van der Waals surface area contributed by atoms with Crippen LogP contribution in [0.2, 0.25) is 0 Å². The van der Waals surface area contributed by atoms with Crippen molar-refractivity contribution in [3.63, 3.8) is 0 Å². The summed E-state index contributed by atoms with van der Waals surface area (Å²) in [6.07, 6.45) is -4.83. The molecule has 0 aliphatic carbocycles. The number of benzene rings is 2. The summed E-state index contributed by atoms with van der Waals surface area (Å²) in [4.78, 5) is 8.44. The van der Waals surface area contributed by atoms with E-state index < -0.39 is 23.7 Å². The van der Waals surface area contributed by atoms with Crippen LogP contribution < -0.4 is 15.4 Å². The number of rotatable bonds is 6. The maximum atomic E-state index is 13.9. The molecule has 0 saturated carbocycles. The molecule has 3 aromatic rings. The zero-order chi connectivity index (χ0) is 21.0. The molecule has 2 N–H and O–H groups in total. The molecule has 0 amide bonds. The molecule has 152 valence electrons. The Hall–Kier alpha value is -3.43. The van der Waals surface area contributed by atoms with Crippen LogP contribution in [0.5, 0.6) is 5.75 Å². The lowest BCUT2D eigenvalue weighted by atomic mass is 10.1. The molecule has 3 rings (SSSR count). The lowest BCUT2D eigenvalue weighted by molar-refractivity contribution is -0.274. The molecule has 0 unspecified atom stereocenters. The maximum Gasteiger partial charge on any atom is 0.573 e. The molecule has 1 aromatic heterocycles. The second kappa shape index (κ2) is 8.29. The minimum Gasteiger partial charge on any atom is -0.406 e. The van der Waals surface area contributed by atoms with Gasteiger partial charge in [0.15, 0.2) is 0 Å². The van der Waals surface area contributed by atoms with Crippen molar-refractivity contribution >= 4 is 17.5 Å². The predicted octanol–water partition coefficient (Wildman–Crippen LogP) is 5.50. The van der Waals surface area contributed by atoms with Gasteiger partial charge in [0, 0.05) is 24.2 Å². The first-order chi connectivity index (χ1) is 13.7. The second-order valence-electron chi connectivity index (χ2n) is 5.82. The molecule has 10 heteroatoms. The van der Waals surface area contributed by atoms with E-state index in [9.17, 15) is 22.0 Å². The van der Waals surface area contributed by atoms with Gasteiger partial charge in [-0.15, -0.1) is 13.2 Å². The molecule has 0 spiro atoms. The number of nitrogens with zero attached hydrogens (tertiary/aromatic N) is 2. The van der Waals surface area contributed by atoms with E-state index in [1.54, 1.807) is 13.0 Å². The Morgan fingerprint density at radius 1 is 1.00 bits per heavy atom. The van der Waals surface area contributed by atoms with Crippen LogP contribution >= 0.6 is 0 Å². The lowest BCUT2D eigenvalue weighted by Gasteiger charge is -2.13. The van der Waals surface area contributed by atoms with Gasteiger partial charge in [0.05, 0.1) is 11.4 Å². The molecule has 0 radical (unpaired) electrons. The third-order valence-corrected chi connectivity index (χ3v) is 3.62. The van der Waals surface area contributed by atoms with Gasteiger partial charge in [0.1, 0.15) is 23.2 Å². The Labute approximate surface area is 162 Å². The molecule has 0 aliphatic heterocycles. The zero-order valence-corrected chi connectivity index (χ0v) is 15.0. The Morgan fingerprint density at radius 2 is 1.79 bits per heavy atom. The molecule has 0 saturated heterocycles. The van der Waals surface area contributed by atoms with E-state index in [0.29, 0.717) is 18.2 Å². The van der Waals surface area contributed by atoms with Gasteiger partial charge in [-0.2, -0.15) is 4.98 Å². The number of nitrogens with one attached hydrogen (secondary N) is 2. The summed E-state index contributed by atoms with van der Waals surface area (Å²) in [7, 11) is 0. The number of anilines is 3. The van der Waals surface area contributed by atoms with Gasteiger partial charge in [0.2, 0.25) is 5.95 Å². The Morgan fingerprint density at radius 3 is 2.48 bits per heavy atom. The SMILES string of the molecule is CCNc1nc(Nc2ccc(F)cc2F)cc(-c2cccc(OC(F)(F)F)c2)n1. The predicted molar refractivity (Wildman–Crippen MR) is 98.0 cm³/mol. The Kier molecular flexibility index (Phi) is 5.81. The number of halogens is 5. The van der Waals surface area contributed by atoms with Gasteiger partial charge in [0.25, 0.3) is 0 Å². The third kappa shape index (κ3) is 5.53. The monoisotopic (exact) mass is 410 g/mol. The third-order valence-electron chi connectivity index (χ3n) is 3.62. The van der Waals surface area contributed by atoms with Crippen LogP contribution in [-0.2, 0) is 0 Å². The van der Waals surface area contributed by atoms with Crippen LogP contribution in [0, 0.1) is 11.6 Å². The van der Waals surface area contributed by atoms with E-state index in [4.69, 9.17) is 0 Å². The first-order valence-corrected chi connectivity index (χ1v) is 8.44. The van der Waals surface area contributed by atoms with Crippen molar-refractivity contribution in [2.75, 3.05) is 17.2 Å². The molecular weight excluding hydrogens is 395 g/mol. The summed E-state index contributed by atoms with van der Waals surface area (Å²) in [5.74, 6) is -1.62. The van der Waals surface area contributed by atoms with Gasteiger partial charge in [-0.05, 0) is 31.2 Å². The summed E-state index contributed by atoms with van der Waals surface area (Å²) >= 11 is 0. The normalized spacial score (nSPS) is 11.2. The highest BCUT2D eigenvalue weighted by Crippen LogP contribution is 2.29. The van der Waals surface area contributed by atoms with Crippen molar-refractivity contribution in [2.24, 2.45) is 0 Å². The topological polar surface area (TPSA) is 59.1 Å². The van der Waals surface area contributed by atoms with Gasteiger partial charge in [-0.3, -0.25) is 0 Å². The smallest absolute Gasteiger partial charge is 0.406 e. The summed E-state index contributed by atoms with van der Waals surface area (Å²) in [5, 5.41) is 5.61. The van der Waals surface area contributed by atoms with E-state index in [1.807, 2.05) is 0 Å². The summed E-state index contributed by atoms with van der Waals surface area (Å²) < 4.78 is 68.4. The summed E-state index contributed by atoms with van der Waals surface area (Å²) in [6, 6.07) is 9.70. The molecule has 2 aromatic carbocycles. The van der Waals surface area contributed by atoms with Gasteiger partial charge in [-0.25, -0.2) is 13.8 Å². The number of aromatic nitrogens is 2. The average molecular weight is 410 g/mol. The number of hydrogen-bond acceptors (Lipinski definition) is 5. The molecule has 0 aliphatic rings. The minimum atomic E-state index is -4.83. The molecule has 5 nitrogen and oxygen atoms in total. The molecular formula is C19H15F5N4O. The van der Waals surface area contributed by atoms with Gasteiger partial charge < -0.3 is 15.4 Å². The molecule has 0 atom stereocenters. The van der Waals surface area contributed by atoms with Gasteiger partial charge >= 0.3 is 6.36 Å². The second-order valence-corrected chi connectivity index (χ2v) is 5.82. The first-order valence-electron chi connectivity index (χ1n) is 8.44. The van der Waals surface area contributed by atoms with Crippen molar-refractivity contribution in [1.29, 1.82) is 0 Å². The largest absolute Gasteiger partial charge is 0.573 e. The van der Waals surface area contributed by atoms with Crippen molar-refractivity contribution in [3.8, 4) is 17.0 Å². The number of ether oxygens (including phenoxy) is 1. The Bertz CT molecular complexity index is 1010. The van der Waals surface area contributed by atoms with Crippen molar-refractivity contribution in [3.05, 3.63) is 60.2 Å². The zero-order valence-electron chi connectivity index (χ0n) is 15.0. The van der Waals surface area contributed by atoms with E-state index in [0.717, 1.165) is 12.1 Å². The summed E-state index contributed by atoms with van der Waals surface area (Å²) in [5.41, 5.74) is 0.581. The highest BCUT2D eigenvalue weighted by atomic mass is 19.4. The standard InChI is InChI=1S/C19H15F5N4O/c1-2-25-18-27-16(11-4-3-5-13(8-11)29-19(22,23)24)10-17(28-18)26-15-7-6-12(20)9-14(15)21/h3-10H,2H2,1H3,(H2,25,26,27,28). The molecule has 29 heavy (non-hydrogen) atoms. The van der Waals surface area contributed by atoms with E-state index in [1.165, 1.54) is 24.3 Å². The van der Waals surface area contributed by atoms with E-state index >= 15 is 0 Å². The van der Waals surface area contributed by atoms with Crippen LogP contribution in [0.4, 0.5) is 39.4 Å². The van der Waals surface area contributed by atoms with Crippen molar-refractivity contribution < 1.29 is 26.7 Å². The van der Waals surface area contributed by atoms with Gasteiger partial charge in [-0.1, -0.05) is 12.1 Å². The molecule has 0 bridgehead atoms. The number of alkyl halides is 3. The fourth-order valence-corrected chi connectivity index (χ4v) is 2.48. The fourth-order valence-electron chi connectivity index (χ4n) is 2.48. The van der Waals surface area contributed by atoms with E-state index in [2.05, 4.69) is 25.3 Å². The quantitative estimate of drug-likeness (QED) is 0.526. The minimum absolute atomic E-state index is 0.0207. The van der Waals surface area contributed by atoms with Crippen LogP contribution in [0.1, 0.15) is 6.92 Å². The summed E-state index contributed by atoms with van der Waals surface area (Å²) in [6.45, 7) is 2.28. The Balaban J connectivity index is 1.98. The van der Waals surface area contributed by atoms with Crippen LogP contribution in [0.3, 0.4) is 0 Å². The first kappa shape index (κ1) is 20.3. The molecule has 0 fully saturated rings. The molecule has 1 heterocycles. The number of hydrogen-bond donors (Lipinski definition) is 2. The maximum absolute atomic E-state index is 13.9. The van der Waals surface area contributed by atoms with Crippen LogP contribution in [-0.4, -0.2) is 22.9 Å². The van der Waals surface area contributed by atoms with E-state index in [-0.39, 0.29) is 23.1 Å². The van der Waals surface area contributed by atoms with Crippen molar-refractivity contribution in [2.45, 2.75) is 13.3 Å². The van der Waals surface area contributed by atoms with Crippen LogP contribution in [0.15, 0.2) is 48.5 Å². The highest BCUT2D eigenvalue weighted by Gasteiger charge is 2.31. The highest BCUT2D eigenvalue weighted by molar-refractivity contribution is 5.68. The fraction of sp³-hybridized carbons (Fsp3) is 0.158.